The average Bonchev–Trinajstić information content (AvgIpc) is 2.76. The van der Waals surface area contributed by atoms with Crippen LogP contribution >= 0.6 is 11.3 Å². The minimum Gasteiger partial charge on any atom is -0.292 e. The van der Waals surface area contributed by atoms with E-state index in [0.717, 1.165) is 0 Å². The van der Waals surface area contributed by atoms with Crippen LogP contribution < -0.4 is 10.6 Å². The Kier molecular flexibility index (Phi) is 3.84. The van der Waals surface area contributed by atoms with E-state index in [9.17, 15) is 18.0 Å². The second-order valence-corrected chi connectivity index (χ2v) is 4.63. The number of urea groups is 1. The maximum atomic E-state index is 12.3. The zero-order valence-electron chi connectivity index (χ0n) is 10.0. The number of pyridine rings is 1. The molecule has 2 aromatic heterocycles. The van der Waals surface area contributed by atoms with Gasteiger partial charge >= 0.3 is 12.2 Å². The lowest BCUT2D eigenvalue weighted by Crippen LogP contribution is -2.20. The fourth-order valence-electron chi connectivity index (χ4n) is 1.25. The monoisotopic (exact) mass is 303 g/mol. The van der Waals surface area contributed by atoms with Crippen LogP contribution in [0.15, 0.2) is 18.2 Å². The minimum atomic E-state index is -4.58. The van der Waals surface area contributed by atoms with E-state index in [2.05, 4.69) is 25.8 Å². The number of halogens is 3. The number of hydrogen-bond acceptors (Lipinski definition) is 5. The smallest absolute Gasteiger partial charge is 0.292 e. The van der Waals surface area contributed by atoms with Crippen LogP contribution in [0, 0.1) is 6.92 Å². The summed E-state index contributed by atoms with van der Waals surface area (Å²) in [7, 11) is 0. The number of amides is 2. The van der Waals surface area contributed by atoms with E-state index in [0.29, 0.717) is 5.69 Å². The highest BCUT2D eigenvalue weighted by Gasteiger charge is 2.35. The van der Waals surface area contributed by atoms with Gasteiger partial charge in [0.25, 0.3) is 0 Å². The van der Waals surface area contributed by atoms with Gasteiger partial charge in [-0.05, 0) is 19.1 Å². The molecule has 0 radical (unpaired) electrons. The largest absolute Gasteiger partial charge is 0.445 e. The molecule has 0 saturated heterocycles. The van der Waals surface area contributed by atoms with Gasteiger partial charge in [0.2, 0.25) is 10.1 Å². The lowest BCUT2D eigenvalue weighted by Gasteiger charge is -2.04. The fourth-order valence-corrected chi connectivity index (χ4v) is 1.85. The zero-order valence-corrected chi connectivity index (χ0v) is 10.8. The molecule has 2 heterocycles. The van der Waals surface area contributed by atoms with Gasteiger partial charge in [0, 0.05) is 5.69 Å². The number of rotatable bonds is 2. The zero-order chi connectivity index (χ0) is 14.8. The highest BCUT2D eigenvalue weighted by molar-refractivity contribution is 7.15. The van der Waals surface area contributed by atoms with Crippen LogP contribution in [0.2, 0.25) is 0 Å². The van der Waals surface area contributed by atoms with Crippen molar-refractivity contribution in [3.05, 3.63) is 28.9 Å². The normalized spacial score (nSPS) is 11.2. The summed E-state index contributed by atoms with van der Waals surface area (Å²) < 4.78 is 36.9. The molecule has 6 nitrogen and oxygen atoms in total. The molecule has 0 atom stereocenters. The molecule has 0 bridgehead atoms. The minimum absolute atomic E-state index is 0.242. The Balaban J connectivity index is 2.00. The van der Waals surface area contributed by atoms with Crippen molar-refractivity contribution in [2.75, 3.05) is 10.6 Å². The summed E-state index contributed by atoms with van der Waals surface area (Å²) in [4.78, 5) is 15.6. The van der Waals surface area contributed by atoms with Gasteiger partial charge in [-0.1, -0.05) is 17.4 Å². The van der Waals surface area contributed by atoms with Gasteiger partial charge in [-0.2, -0.15) is 13.2 Å². The average molecular weight is 303 g/mol. The van der Waals surface area contributed by atoms with Crippen LogP contribution in [0.4, 0.5) is 28.9 Å². The predicted octanol–water partition coefficient (Wildman–Crippen LogP) is 2.90. The molecule has 0 unspecified atom stereocenters. The van der Waals surface area contributed by atoms with Crippen LogP contribution in [0.5, 0.6) is 0 Å². The molecule has 2 amide bonds. The first kappa shape index (κ1) is 14.2. The van der Waals surface area contributed by atoms with E-state index in [4.69, 9.17) is 0 Å². The molecule has 0 saturated carbocycles. The van der Waals surface area contributed by atoms with Crippen LogP contribution in [0.1, 0.15) is 10.7 Å². The summed E-state index contributed by atoms with van der Waals surface area (Å²) >= 11 is 0.242. The van der Waals surface area contributed by atoms with Gasteiger partial charge in [0.1, 0.15) is 5.82 Å². The number of carbonyl (C=O) groups is 1. The molecule has 20 heavy (non-hydrogen) atoms. The van der Waals surface area contributed by atoms with E-state index >= 15 is 0 Å². The predicted molar refractivity (Wildman–Crippen MR) is 66.5 cm³/mol. The summed E-state index contributed by atoms with van der Waals surface area (Å²) in [5, 5.41) is 9.35. The third-order valence-electron chi connectivity index (χ3n) is 2.02. The van der Waals surface area contributed by atoms with Crippen molar-refractivity contribution in [3.8, 4) is 0 Å². The van der Waals surface area contributed by atoms with Gasteiger partial charge in [-0.15, -0.1) is 10.2 Å². The van der Waals surface area contributed by atoms with E-state index in [1.54, 1.807) is 25.1 Å². The highest BCUT2D eigenvalue weighted by Crippen LogP contribution is 2.32. The fraction of sp³-hybridized carbons (Fsp3) is 0.200. The van der Waals surface area contributed by atoms with Gasteiger partial charge in [0.15, 0.2) is 0 Å². The SMILES string of the molecule is Cc1cccc(NC(=O)Nc2nnc(C(F)(F)F)s2)n1. The number of nitrogens with zero attached hydrogens (tertiary/aromatic N) is 3. The van der Waals surface area contributed by atoms with Crippen LogP contribution in [-0.4, -0.2) is 21.2 Å². The molecule has 0 spiro atoms. The lowest BCUT2D eigenvalue weighted by atomic mass is 10.4. The molecule has 0 aliphatic rings. The molecule has 106 valence electrons. The first-order valence-corrected chi connectivity index (χ1v) is 6.08. The maximum Gasteiger partial charge on any atom is 0.445 e. The summed E-state index contributed by atoms with van der Waals surface area (Å²) in [5.41, 5.74) is 0.693. The van der Waals surface area contributed by atoms with Gasteiger partial charge in [-0.3, -0.25) is 10.6 Å². The first-order chi connectivity index (χ1) is 9.34. The lowest BCUT2D eigenvalue weighted by molar-refractivity contribution is -0.138. The van der Waals surface area contributed by atoms with Crippen LogP contribution in [0.25, 0.3) is 0 Å². The highest BCUT2D eigenvalue weighted by atomic mass is 32.1. The topological polar surface area (TPSA) is 79.8 Å². The number of carbonyl (C=O) groups excluding carboxylic acids is 1. The van der Waals surface area contributed by atoms with E-state index in [-0.39, 0.29) is 22.3 Å². The Morgan fingerprint density at radius 3 is 2.60 bits per heavy atom. The Bertz CT molecular complexity index is 627. The van der Waals surface area contributed by atoms with Crippen molar-refractivity contribution in [3.63, 3.8) is 0 Å². The number of anilines is 2. The number of aryl methyl sites for hydroxylation is 1. The maximum absolute atomic E-state index is 12.3. The summed E-state index contributed by atoms with van der Waals surface area (Å²) in [6.07, 6.45) is -4.58. The van der Waals surface area contributed by atoms with Crippen molar-refractivity contribution in [2.24, 2.45) is 0 Å². The van der Waals surface area contributed by atoms with Crippen molar-refractivity contribution >= 4 is 28.3 Å². The molecule has 0 aliphatic carbocycles. The molecule has 2 rings (SSSR count). The Morgan fingerprint density at radius 1 is 1.25 bits per heavy atom. The van der Waals surface area contributed by atoms with Crippen molar-refractivity contribution < 1.29 is 18.0 Å². The number of hydrogen-bond donors (Lipinski definition) is 2. The second-order valence-electron chi connectivity index (χ2n) is 3.65. The van der Waals surface area contributed by atoms with Gasteiger partial charge in [-0.25, -0.2) is 9.78 Å². The number of alkyl halides is 3. The van der Waals surface area contributed by atoms with Crippen molar-refractivity contribution in [1.29, 1.82) is 0 Å². The van der Waals surface area contributed by atoms with Crippen molar-refractivity contribution in [1.82, 2.24) is 15.2 Å². The van der Waals surface area contributed by atoms with Gasteiger partial charge in [0.05, 0.1) is 0 Å². The number of aromatic nitrogens is 3. The summed E-state index contributed by atoms with van der Waals surface area (Å²) in [6, 6.07) is 4.23. The second kappa shape index (κ2) is 5.41. The van der Waals surface area contributed by atoms with Crippen LogP contribution in [0.3, 0.4) is 0 Å². The standard InChI is InChI=1S/C10H8F3N5OS/c1-5-3-2-4-6(14-5)15-8(19)16-9-18-17-7(20-9)10(11,12)13/h2-4H,1H3,(H2,14,15,16,18,19). The third kappa shape index (κ3) is 3.63. The quantitative estimate of drug-likeness (QED) is 0.894. The molecule has 0 aromatic carbocycles. The Labute approximate surface area is 115 Å². The molecule has 2 aromatic rings. The molecular formula is C10H8F3N5OS. The molecule has 0 aliphatic heterocycles. The molecule has 10 heteroatoms. The molecule has 0 fully saturated rings. The van der Waals surface area contributed by atoms with E-state index in [1.807, 2.05) is 0 Å². The van der Waals surface area contributed by atoms with Crippen LogP contribution in [-0.2, 0) is 6.18 Å². The van der Waals surface area contributed by atoms with E-state index in [1.165, 1.54) is 0 Å². The Hall–Kier alpha value is -2.23. The molecular weight excluding hydrogens is 295 g/mol. The number of nitrogens with one attached hydrogen (secondary N) is 2. The van der Waals surface area contributed by atoms with Gasteiger partial charge < -0.3 is 0 Å². The van der Waals surface area contributed by atoms with E-state index < -0.39 is 17.2 Å². The molecule has 2 N–H and O–H groups in total. The summed E-state index contributed by atoms with van der Waals surface area (Å²) in [6.45, 7) is 1.74. The summed E-state index contributed by atoms with van der Waals surface area (Å²) in [5.74, 6) is 0.281. The third-order valence-corrected chi connectivity index (χ3v) is 2.90. The first-order valence-electron chi connectivity index (χ1n) is 5.27. The van der Waals surface area contributed by atoms with Crippen molar-refractivity contribution in [2.45, 2.75) is 13.1 Å². The Morgan fingerprint density at radius 2 is 2.00 bits per heavy atom.